The van der Waals surface area contributed by atoms with Gasteiger partial charge in [-0.05, 0) is 24.3 Å². The fourth-order valence-electron chi connectivity index (χ4n) is 3.16. The number of hydrogen-bond donors (Lipinski definition) is 1. The van der Waals surface area contributed by atoms with Crippen molar-refractivity contribution in [2.24, 2.45) is 7.05 Å². The van der Waals surface area contributed by atoms with E-state index in [9.17, 15) is 4.79 Å². The van der Waals surface area contributed by atoms with E-state index in [1.54, 1.807) is 11.3 Å². The summed E-state index contributed by atoms with van der Waals surface area (Å²) in [4.78, 5) is 20.8. The fourth-order valence-corrected chi connectivity index (χ4v) is 3.90. The number of imidazole rings is 1. The SMILES string of the molecule is Cn1cnc2c1C(C(=O)NC1CC1)CN(Cc1cccs1)C2. The Bertz CT molecular complexity index is 674. The molecule has 1 unspecified atom stereocenters. The molecule has 0 bridgehead atoms. The van der Waals surface area contributed by atoms with E-state index in [0.717, 1.165) is 43.9 Å². The van der Waals surface area contributed by atoms with Gasteiger partial charge in [0.25, 0.3) is 0 Å². The average Bonchev–Trinajstić information content (AvgIpc) is 3.02. The number of aryl methyl sites for hydroxylation is 1. The first-order valence-electron chi connectivity index (χ1n) is 7.76. The van der Waals surface area contributed by atoms with Crippen LogP contribution in [0.2, 0.25) is 0 Å². The van der Waals surface area contributed by atoms with Gasteiger partial charge >= 0.3 is 0 Å². The van der Waals surface area contributed by atoms with Crippen LogP contribution in [0.4, 0.5) is 0 Å². The van der Waals surface area contributed by atoms with E-state index in [1.807, 2.05) is 17.9 Å². The Morgan fingerprint density at radius 2 is 2.36 bits per heavy atom. The Morgan fingerprint density at radius 3 is 3.09 bits per heavy atom. The molecular weight excluding hydrogens is 296 g/mol. The summed E-state index contributed by atoms with van der Waals surface area (Å²) < 4.78 is 2.01. The number of thiophene rings is 1. The Kier molecular flexibility index (Phi) is 3.50. The molecule has 1 atom stereocenters. The summed E-state index contributed by atoms with van der Waals surface area (Å²) in [6.07, 6.45) is 4.07. The fraction of sp³-hybridized carbons (Fsp3) is 0.500. The third-order valence-electron chi connectivity index (χ3n) is 4.41. The van der Waals surface area contributed by atoms with Gasteiger partial charge in [-0.1, -0.05) is 6.07 Å². The number of aromatic nitrogens is 2. The zero-order chi connectivity index (χ0) is 15.1. The second kappa shape index (κ2) is 5.52. The maximum Gasteiger partial charge on any atom is 0.230 e. The molecule has 5 nitrogen and oxygen atoms in total. The summed E-state index contributed by atoms with van der Waals surface area (Å²) >= 11 is 1.77. The minimum Gasteiger partial charge on any atom is -0.353 e. The van der Waals surface area contributed by atoms with Gasteiger partial charge < -0.3 is 9.88 Å². The molecule has 116 valence electrons. The second-order valence-corrected chi connectivity index (χ2v) is 7.30. The van der Waals surface area contributed by atoms with Gasteiger partial charge in [-0.25, -0.2) is 4.98 Å². The number of carbonyl (C=O) groups is 1. The van der Waals surface area contributed by atoms with Crippen LogP contribution in [-0.2, 0) is 24.9 Å². The van der Waals surface area contributed by atoms with E-state index in [1.165, 1.54) is 4.88 Å². The molecule has 0 aromatic carbocycles. The quantitative estimate of drug-likeness (QED) is 0.937. The van der Waals surface area contributed by atoms with Crippen molar-refractivity contribution in [3.05, 3.63) is 40.1 Å². The van der Waals surface area contributed by atoms with E-state index < -0.39 is 0 Å². The van der Waals surface area contributed by atoms with Crippen molar-refractivity contribution >= 4 is 17.2 Å². The Labute approximate surface area is 134 Å². The number of carbonyl (C=O) groups excluding carboxylic acids is 1. The Morgan fingerprint density at radius 1 is 1.50 bits per heavy atom. The number of nitrogens with one attached hydrogen (secondary N) is 1. The van der Waals surface area contributed by atoms with E-state index in [4.69, 9.17) is 0 Å². The van der Waals surface area contributed by atoms with Gasteiger partial charge in [-0.3, -0.25) is 9.69 Å². The summed E-state index contributed by atoms with van der Waals surface area (Å²) in [5.41, 5.74) is 2.13. The number of amides is 1. The summed E-state index contributed by atoms with van der Waals surface area (Å²) in [6, 6.07) is 4.63. The van der Waals surface area contributed by atoms with Crippen LogP contribution in [0.25, 0.3) is 0 Å². The molecule has 1 fully saturated rings. The van der Waals surface area contributed by atoms with Crippen LogP contribution in [-0.4, -0.2) is 32.9 Å². The predicted molar refractivity (Wildman–Crippen MR) is 85.5 cm³/mol. The maximum absolute atomic E-state index is 12.6. The molecule has 1 saturated carbocycles. The highest BCUT2D eigenvalue weighted by Gasteiger charge is 2.36. The van der Waals surface area contributed by atoms with Crippen LogP contribution in [0.3, 0.4) is 0 Å². The molecule has 1 aliphatic heterocycles. The van der Waals surface area contributed by atoms with Crippen molar-refractivity contribution in [3.8, 4) is 0 Å². The molecule has 0 saturated heterocycles. The highest BCUT2D eigenvalue weighted by atomic mass is 32.1. The van der Waals surface area contributed by atoms with Gasteiger partial charge in [0.2, 0.25) is 5.91 Å². The summed E-state index contributed by atoms with van der Waals surface area (Å²) in [5.74, 6) is 0.0417. The van der Waals surface area contributed by atoms with Crippen LogP contribution in [0.1, 0.15) is 35.0 Å². The normalized spacial score (nSPS) is 21.6. The molecular formula is C16H20N4OS. The van der Waals surface area contributed by atoms with Crippen LogP contribution in [0, 0.1) is 0 Å². The molecule has 4 rings (SSSR count). The highest BCUT2D eigenvalue weighted by molar-refractivity contribution is 7.09. The third kappa shape index (κ3) is 2.68. The molecule has 2 aliphatic rings. The van der Waals surface area contributed by atoms with E-state index in [-0.39, 0.29) is 11.8 Å². The lowest BCUT2D eigenvalue weighted by atomic mass is 9.97. The minimum absolute atomic E-state index is 0.114. The molecule has 1 aliphatic carbocycles. The molecule has 1 N–H and O–H groups in total. The van der Waals surface area contributed by atoms with Crippen LogP contribution in [0.15, 0.2) is 23.8 Å². The van der Waals surface area contributed by atoms with Crippen molar-refractivity contribution in [2.45, 2.75) is 37.9 Å². The van der Waals surface area contributed by atoms with Crippen molar-refractivity contribution in [3.63, 3.8) is 0 Å². The largest absolute Gasteiger partial charge is 0.353 e. The number of hydrogen-bond acceptors (Lipinski definition) is 4. The molecule has 0 radical (unpaired) electrons. The van der Waals surface area contributed by atoms with Crippen molar-refractivity contribution in [1.82, 2.24) is 19.8 Å². The standard InChI is InChI=1S/C16H20N4OS/c1-19-10-17-14-9-20(7-12-3-2-6-22-12)8-13(15(14)19)16(21)18-11-4-5-11/h2-3,6,10-11,13H,4-5,7-9H2,1H3,(H,18,21). The summed E-state index contributed by atoms with van der Waals surface area (Å²) in [6.45, 7) is 2.48. The first kappa shape index (κ1) is 14.0. The molecule has 0 spiro atoms. The van der Waals surface area contributed by atoms with Gasteiger partial charge in [-0.15, -0.1) is 11.3 Å². The van der Waals surface area contributed by atoms with Crippen molar-refractivity contribution in [1.29, 1.82) is 0 Å². The second-order valence-electron chi connectivity index (χ2n) is 6.27. The van der Waals surface area contributed by atoms with Gasteiger partial charge in [0, 0.05) is 37.6 Å². The summed E-state index contributed by atoms with van der Waals surface area (Å²) in [7, 11) is 1.98. The number of rotatable bonds is 4. The van der Waals surface area contributed by atoms with Gasteiger partial charge in [-0.2, -0.15) is 0 Å². The molecule has 2 aromatic heterocycles. The topological polar surface area (TPSA) is 50.2 Å². The number of nitrogens with zero attached hydrogens (tertiary/aromatic N) is 3. The molecule has 6 heteroatoms. The average molecular weight is 316 g/mol. The predicted octanol–water partition coefficient (Wildman–Crippen LogP) is 1.86. The molecule has 3 heterocycles. The van der Waals surface area contributed by atoms with E-state index in [2.05, 4.69) is 32.7 Å². The van der Waals surface area contributed by atoms with Crippen molar-refractivity contribution < 1.29 is 4.79 Å². The zero-order valence-electron chi connectivity index (χ0n) is 12.7. The maximum atomic E-state index is 12.6. The molecule has 1 amide bonds. The molecule has 22 heavy (non-hydrogen) atoms. The lowest BCUT2D eigenvalue weighted by molar-refractivity contribution is -0.123. The third-order valence-corrected chi connectivity index (χ3v) is 5.27. The van der Waals surface area contributed by atoms with E-state index >= 15 is 0 Å². The monoisotopic (exact) mass is 316 g/mol. The molecule has 2 aromatic rings. The zero-order valence-corrected chi connectivity index (χ0v) is 13.5. The van der Waals surface area contributed by atoms with Crippen LogP contribution < -0.4 is 5.32 Å². The van der Waals surface area contributed by atoms with Crippen LogP contribution >= 0.6 is 11.3 Å². The first-order valence-corrected chi connectivity index (χ1v) is 8.64. The number of fused-ring (bicyclic) bond motifs is 1. The lowest BCUT2D eigenvalue weighted by Gasteiger charge is -2.32. The minimum atomic E-state index is -0.114. The van der Waals surface area contributed by atoms with E-state index in [0.29, 0.717) is 6.04 Å². The lowest BCUT2D eigenvalue weighted by Crippen LogP contribution is -2.42. The summed E-state index contributed by atoms with van der Waals surface area (Å²) in [5, 5.41) is 5.26. The first-order chi connectivity index (χ1) is 10.7. The van der Waals surface area contributed by atoms with Gasteiger partial charge in [0.15, 0.2) is 0 Å². The highest BCUT2D eigenvalue weighted by Crippen LogP contribution is 2.30. The van der Waals surface area contributed by atoms with Crippen LogP contribution in [0.5, 0.6) is 0 Å². The Hall–Kier alpha value is -1.66. The van der Waals surface area contributed by atoms with Gasteiger partial charge in [0.05, 0.1) is 23.6 Å². The smallest absolute Gasteiger partial charge is 0.230 e. The Balaban J connectivity index is 1.57. The van der Waals surface area contributed by atoms with Crippen molar-refractivity contribution in [2.75, 3.05) is 6.54 Å². The van der Waals surface area contributed by atoms with Gasteiger partial charge in [0.1, 0.15) is 0 Å².